The molecule has 0 unspecified atom stereocenters. The summed E-state index contributed by atoms with van der Waals surface area (Å²) in [5.74, 6) is 0.677. The van der Waals surface area contributed by atoms with Gasteiger partial charge in [-0.3, -0.25) is 9.69 Å². The van der Waals surface area contributed by atoms with Crippen molar-refractivity contribution in [1.29, 1.82) is 0 Å². The number of nitrogens with zero attached hydrogens (tertiary/aromatic N) is 2. The number of thiazole rings is 1. The van der Waals surface area contributed by atoms with E-state index in [2.05, 4.69) is 18.2 Å². The number of aromatic nitrogens is 1. The number of hydrogen-bond acceptors (Lipinski definition) is 4. The van der Waals surface area contributed by atoms with Crippen molar-refractivity contribution in [2.45, 2.75) is 19.9 Å². The predicted molar refractivity (Wildman–Crippen MR) is 127 cm³/mol. The van der Waals surface area contributed by atoms with Crippen LogP contribution < -0.4 is 4.90 Å². The number of halogens is 1. The highest BCUT2D eigenvalue weighted by Gasteiger charge is 2.23. The van der Waals surface area contributed by atoms with E-state index in [0.717, 1.165) is 32.1 Å². The highest BCUT2D eigenvalue weighted by Crippen LogP contribution is 2.34. The summed E-state index contributed by atoms with van der Waals surface area (Å²) in [6.07, 6.45) is 1.89. The van der Waals surface area contributed by atoms with Gasteiger partial charge < -0.3 is 4.42 Å². The topological polar surface area (TPSA) is 46.3 Å². The van der Waals surface area contributed by atoms with Crippen molar-refractivity contribution in [2.24, 2.45) is 0 Å². The second-order valence-electron chi connectivity index (χ2n) is 7.39. The SMILES string of the molecule is Cc1c(Cl)ccc2sc(N(Cc3ccco3)C(=O)Cc3cccc4ccccc34)nc12. The van der Waals surface area contributed by atoms with E-state index in [1.54, 1.807) is 11.2 Å². The summed E-state index contributed by atoms with van der Waals surface area (Å²) in [6.45, 7) is 2.27. The van der Waals surface area contributed by atoms with Crippen LogP contribution in [0.1, 0.15) is 16.9 Å². The molecule has 6 heteroatoms. The number of carbonyl (C=O) groups is 1. The van der Waals surface area contributed by atoms with Gasteiger partial charge in [0, 0.05) is 5.02 Å². The molecular formula is C25H19ClN2O2S. The average molecular weight is 447 g/mol. The number of carbonyl (C=O) groups excluding carboxylic acids is 1. The van der Waals surface area contributed by atoms with Gasteiger partial charge in [0.2, 0.25) is 5.91 Å². The standard InChI is InChI=1S/C25H19ClN2O2S/c1-16-21(26)11-12-22-24(16)27-25(31-22)28(15-19-9-5-13-30-19)23(29)14-18-8-4-7-17-6-2-3-10-20(17)18/h2-13H,14-15H2,1H3. The van der Waals surface area contributed by atoms with Crippen molar-refractivity contribution in [3.05, 3.63) is 94.9 Å². The van der Waals surface area contributed by atoms with Crippen molar-refractivity contribution in [3.8, 4) is 0 Å². The molecule has 4 nitrogen and oxygen atoms in total. The Kier molecular flexibility index (Phi) is 5.22. The van der Waals surface area contributed by atoms with Crippen LogP contribution in [0, 0.1) is 6.92 Å². The number of rotatable bonds is 5. The quantitative estimate of drug-likeness (QED) is 0.299. The maximum atomic E-state index is 13.5. The van der Waals surface area contributed by atoms with E-state index in [-0.39, 0.29) is 12.3 Å². The number of fused-ring (bicyclic) bond motifs is 2. The van der Waals surface area contributed by atoms with Gasteiger partial charge in [0.25, 0.3) is 0 Å². The van der Waals surface area contributed by atoms with Crippen LogP contribution in [0.15, 0.2) is 77.4 Å². The Morgan fingerprint density at radius 1 is 1.06 bits per heavy atom. The molecule has 2 aromatic heterocycles. The normalized spacial score (nSPS) is 11.3. The summed E-state index contributed by atoms with van der Waals surface area (Å²) in [4.78, 5) is 20.0. The largest absolute Gasteiger partial charge is 0.467 e. The maximum Gasteiger partial charge on any atom is 0.233 e. The van der Waals surface area contributed by atoms with Gasteiger partial charge in [-0.2, -0.15) is 0 Å². The Morgan fingerprint density at radius 2 is 1.90 bits per heavy atom. The van der Waals surface area contributed by atoms with E-state index in [1.807, 2.05) is 55.5 Å². The zero-order valence-corrected chi connectivity index (χ0v) is 18.4. The number of hydrogen-bond donors (Lipinski definition) is 0. The minimum absolute atomic E-state index is 0.0319. The molecule has 0 radical (unpaired) electrons. The molecule has 0 fully saturated rings. The molecule has 0 bridgehead atoms. The first kappa shape index (κ1) is 19.8. The second-order valence-corrected chi connectivity index (χ2v) is 8.81. The van der Waals surface area contributed by atoms with Crippen LogP contribution >= 0.6 is 22.9 Å². The zero-order valence-electron chi connectivity index (χ0n) is 16.8. The number of aryl methyl sites for hydroxylation is 1. The van der Waals surface area contributed by atoms with Crippen molar-refractivity contribution in [1.82, 2.24) is 4.98 Å². The maximum absolute atomic E-state index is 13.5. The third-order valence-electron chi connectivity index (χ3n) is 5.38. The molecule has 154 valence electrons. The Hall–Kier alpha value is -3.15. The summed E-state index contributed by atoms with van der Waals surface area (Å²) in [7, 11) is 0. The summed E-state index contributed by atoms with van der Waals surface area (Å²) in [6, 6.07) is 21.7. The molecule has 0 aliphatic heterocycles. The number of benzene rings is 3. The van der Waals surface area contributed by atoms with Gasteiger partial charge in [-0.15, -0.1) is 0 Å². The van der Waals surface area contributed by atoms with E-state index in [1.165, 1.54) is 11.3 Å². The third kappa shape index (κ3) is 3.82. The van der Waals surface area contributed by atoms with Crippen LogP contribution in [0.2, 0.25) is 5.02 Å². The molecule has 0 spiro atoms. The molecular weight excluding hydrogens is 428 g/mol. The fraction of sp³-hybridized carbons (Fsp3) is 0.120. The smallest absolute Gasteiger partial charge is 0.233 e. The van der Waals surface area contributed by atoms with Gasteiger partial charge >= 0.3 is 0 Å². The Morgan fingerprint density at radius 3 is 2.74 bits per heavy atom. The second kappa shape index (κ2) is 8.17. The molecule has 0 aliphatic carbocycles. The Bertz CT molecular complexity index is 1390. The summed E-state index contributed by atoms with van der Waals surface area (Å²) < 4.78 is 6.53. The molecule has 0 saturated heterocycles. The minimum atomic E-state index is -0.0319. The van der Waals surface area contributed by atoms with Crippen LogP contribution in [-0.2, 0) is 17.8 Å². The first-order valence-corrected chi connectivity index (χ1v) is 11.1. The molecule has 5 rings (SSSR count). The van der Waals surface area contributed by atoms with Crippen LogP contribution in [0.5, 0.6) is 0 Å². The van der Waals surface area contributed by atoms with Crippen LogP contribution in [0.3, 0.4) is 0 Å². The summed E-state index contributed by atoms with van der Waals surface area (Å²) >= 11 is 7.77. The first-order chi connectivity index (χ1) is 15.1. The van der Waals surface area contributed by atoms with E-state index in [0.29, 0.717) is 22.5 Å². The van der Waals surface area contributed by atoms with E-state index >= 15 is 0 Å². The van der Waals surface area contributed by atoms with Gasteiger partial charge in [0.15, 0.2) is 5.13 Å². The highest BCUT2D eigenvalue weighted by atomic mass is 35.5. The highest BCUT2D eigenvalue weighted by molar-refractivity contribution is 7.22. The molecule has 3 aromatic carbocycles. The van der Waals surface area contributed by atoms with Crippen molar-refractivity contribution in [3.63, 3.8) is 0 Å². The molecule has 2 heterocycles. The zero-order chi connectivity index (χ0) is 21.4. The number of anilines is 1. The van der Waals surface area contributed by atoms with Crippen molar-refractivity contribution >= 4 is 55.0 Å². The Labute approximate surface area is 188 Å². The van der Waals surface area contributed by atoms with Gasteiger partial charge in [-0.25, -0.2) is 4.98 Å². The van der Waals surface area contributed by atoms with Gasteiger partial charge in [-0.1, -0.05) is 65.4 Å². The lowest BCUT2D eigenvalue weighted by Crippen LogP contribution is -2.31. The molecule has 0 saturated carbocycles. The molecule has 0 atom stereocenters. The predicted octanol–water partition coefficient (Wildman–Crippen LogP) is 6.78. The lowest BCUT2D eigenvalue weighted by atomic mass is 10.0. The van der Waals surface area contributed by atoms with Gasteiger partial charge in [-0.05, 0) is 53.1 Å². The third-order valence-corrected chi connectivity index (χ3v) is 6.84. The molecule has 1 amide bonds. The monoisotopic (exact) mass is 446 g/mol. The average Bonchev–Trinajstić information content (AvgIpc) is 3.45. The fourth-order valence-electron chi connectivity index (χ4n) is 3.73. The van der Waals surface area contributed by atoms with E-state index in [9.17, 15) is 4.79 Å². The van der Waals surface area contributed by atoms with E-state index in [4.69, 9.17) is 21.0 Å². The number of amides is 1. The van der Waals surface area contributed by atoms with Crippen molar-refractivity contribution < 1.29 is 9.21 Å². The molecule has 0 N–H and O–H groups in total. The molecule has 31 heavy (non-hydrogen) atoms. The van der Waals surface area contributed by atoms with Crippen LogP contribution in [0.25, 0.3) is 21.0 Å². The lowest BCUT2D eigenvalue weighted by Gasteiger charge is -2.19. The van der Waals surface area contributed by atoms with Crippen LogP contribution in [-0.4, -0.2) is 10.9 Å². The fourth-order valence-corrected chi connectivity index (χ4v) is 4.92. The minimum Gasteiger partial charge on any atom is -0.467 e. The summed E-state index contributed by atoms with van der Waals surface area (Å²) in [5.41, 5.74) is 2.74. The van der Waals surface area contributed by atoms with E-state index < -0.39 is 0 Å². The van der Waals surface area contributed by atoms with Gasteiger partial charge in [0.1, 0.15) is 5.76 Å². The molecule has 0 aliphatic rings. The van der Waals surface area contributed by atoms with Gasteiger partial charge in [0.05, 0.1) is 29.4 Å². The lowest BCUT2D eigenvalue weighted by molar-refractivity contribution is -0.118. The van der Waals surface area contributed by atoms with Crippen LogP contribution in [0.4, 0.5) is 5.13 Å². The van der Waals surface area contributed by atoms with Crippen molar-refractivity contribution in [2.75, 3.05) is 4.90 Å². The molecule has 5 aromatic rings. The first-order valence-electron chi connectivity index (χ1n) is 9.95. The Balaban J connectivity index is 1.54. The summed E-state index contributed by atoms with van der Waals surface area (Å²) in [5, 5.41) is 3.52. The number of furan rings is 1.